The fraction of sp³-hybridized carbons (Fsp3) is 0.479. The Balaban J connectivity index is 2.10. The molecule has 358 valence electrons. The Kier molecular flexibility index (Phi) is 24.9. The summed E-state index contributed by atoms with van der Waals surface area (Å²) in [6, 6.07) is 7.34. The number of carbonyl (C=O) groups is 5. The van der Waals surface area contributed by atoms with Gasteiger partial charge in [-0.15, -0.1) is 23.5 Å². The molecular formula is C48H66O12P2S3. The molecule has 0 saturated carbocycles. The molecular weight excluding hydrogens is 927 g/mol. The summed E-state index contributed by atoms with van der Waals surface area (Å²) in [6.45, 7) is 19.0. The molecule has 2 rings (SSSR count). The molecule has 2 aromatic rings. The first kappa shape index (κ1) is 57.7. The van der Waals surface area contributed by atoms with Gasteiger partial charge < -0.3 is 23.3 Å². The van der Waals surface area contributed by atoms with E-state index in [9.17, 15) is 33.1 Å². The lowest BCUT2D eigenvalue weighted by Gasteiger charge is -2.31. The molecule has 0 aromatic heterocycles. The molecule has 0 aliphatic heterocycles. The topological polar surface area (TPSA) is 166 Å². The van der Waals surface area contributed by atoms with Gasteiger partial charge in [-0.25, -0.2) is 0 Å². The van der Waals surface area contributed by atoms with Crippen molar-refractivity contribution in [3.8, 4) is 0 Å². The minimum atomic E-state index is -3.86. The third-order valence-electron chi connectivity index (χ3n) is 10.2. The molecule has 0 spiro atoms. The molecule has 0 radical (unpaired) electrons. The fourth-order valence-corrected chi connectivity index (χ4v) is 12.9. The molecule has 0 amide bonds. The van der Waals surface area contributed by atoms with E-state index < -0.39 is 49.1 Å². The van der Waals surface area contributed by atoms with Crippen LogP contribution in [0.4, 0.5) is 0 Å². The molecule has 0 aliphatic carbocycles. The number of thiol groups is 1. The number of esters is 3. The van der Waals surface area contributed by atoms with Crippen LogP contribution in [-0.4, -0.2) is 79.2 Å². The molecule has 0 N–H and O–H groups in total. The minimum Gasteiger partial charge on any atom is -0.464 e. The molecule has 17 heteroatoms. The summed E-state index contributed by atoms with van der Waals surface area (Å²) < 4.78 is 55.9. The number of hydrogen-bond donors (Lipinski definition) is 1. The Morgan fingerprint density at radius 2 is 0.938 bits per heavy atom. The summed E-state index contributed by atoms with van der Waals surface area (Å²) >= 11 is 6.61. The van der Waals surface area contributed by atoms with Crippen molar-refractivity contribution in [1.29, 1.82) is 0 Å². The van der Waals surface area contributed by atoms with E-state index >= 15 is 0 Å². The number of rotatable bonds is 28. The highest BCUT2D eigenvalue weighted by Gasteiger charge is 2.40. The zero-order chi connectivity index (χ0) is 49.0. The number of thioether (sulfide) groups is 2. The largest absolute Gasteiger partial charge is 0.464 e. The summed E-state index contributed by atoms with van der Waals surface area (Å²) in [5.41, 5.74) is 2.82. The van der Waals surface area contributed by atoms with Gasteiger partial charge in [-0.3, -0.25) is 33.1 Å². The second-order valence-corrected chi connectivity index (χ2v) is 22.0. The number of hydrogen-bond acceptors (Lipinski definition) is 15. The predicted molar refractivity (Wildman–Crippen MR) is 268 cm³/mol. The van der Waals surface area contributed by atoms with Gasteiger partial charge in [0.1, 0.15) is 19.8 Å². The first-order valence-electron chi connectivity index (χ1n) is 21.4. The van der Waals surface area contributed by atoms with Crippen LogP contribution < -0.4 is 0 Å². The number of ether oxygens (including phenoxy) is 3. The Bertz CT molecular complexity index is 2060. The molecule has 0 aliphatic rings. The van der Waals surface area contributed by atoms with Crippen molar-refractivity contribution in [2.45, 2.75) is 94.1 Å². The Labute approximate surface area is 399 Å². The fourth-order valence-electron chi connectivity index (χ4n) is 6.94. The van der Waals surface area contributed by atoms with Crippen molar-refractivity contribution < 1.29 is 56.4 Å². The van der Waals surface area contributed by atoms with E-state index in [0.717, 1.165) is 11.1 Å². The maximum absolute atomic E-state index is 14.0. The van der Waals surface area contributed by atoms with Gasteiger partial charge >= 0.3 is 17.9 Å². The number of aryl methyl sites for hydroxylation is 4. The van der Waals surface area contributed by atoms with Crippen LogP contribution >= 0.6 is 50.9 Å². The van der Waals surface area contributed by atoms with Crippen molar-refractivity contribution in [2.75, 3.05) is 50.3 Å². The quantitative estimate of drug-likeness (QED) is 0.0281. The molecule has 0 saturated heterocycles. The average Bonchev–Trinajstić information content (AvgIpc) is 3.26. The van der Waals surface area contributed by atoms with Gasteiger partial charge in [0, 0.05) is 33.3 Å². The Hall–Kier alpha value is -3.42. The van der Waals surface area contributed by atoms with Gasteiger partial charge in [0.2, 0.25) is 0 Å². The van der Waals surface area contributed by atoms with Gasteiger partial charge in [0.05, 0.1) is 35.9 Å². The molecule has 0 bridgehead atoms. The average molecular weight is 993 g/mol. The highest BCUT2D eigenvalue weighted by Crippen LogP contribution is 2.59. The predicted octanol–water partition coefficient (Wildman–Crippen LogP) is 11.9. The summed E-state index contributed by atoms with van der Waals surface area (Å²) in [5.74, 6) is -0.943. The van der Waals surface area contributed by atoms with Crippen molar-refractivity contribution in [3.05, 3.63) is 116 Å². The van der Waals surface area contributed by atoms with E-state index in [4.69, 9.17) is 23.3 Å². The van der Waals surface area contributed by atoms with Gasteiger partial charge in [-0.2, -0.15) is 12.6 Å². The van der Waals surface area contributed by atoms with E-state index in [-0.39, 0.29) is 50.3 Å². The van der Waals surface area contributed by atoms with Crippen LogP contribution in [0.1, 0.15) is 109 Å². The SMILES string of the molecule is C/C=C\C(=C/C)P(=O)(OCC)C(=O)c1c(C)cc(CSCC(=O)OCC(CC)(COC(=O)CS)COC(=O)CSCc2cc(C)c(C(=O)P(=O)(OCC)C(/C=C\C)=C/C)c(C)c2)cc1C. The van der Waals surface area contributed by atoms with Crippen LogP contribution in [0.5, 0.6) is 0 Å². The zero-order valence-electron chi connectivity index (χ0n) is 39.6. The number of allylic oxidation sites excluding steroid dienone is 8. The van der Waals surface area contributed by atoms with Crippen molar-refractivity contribution in [1.82, 2.24) is 0 Å². The molecule has 2 atom stereocenters. The third kappa shape index (κ3) is 16.1. The first-order valence-corrected chi connectivity index (χ1v) is 27.6. The van der Waals surface area contributed by atoms with Gasteiger partial charge in [-0.1, -0.05) is 67.6 Å². The summed E-state index contributed by atoms with van der Waals surface area (Å²) in [5, 5.41) is 0.671. The van der Waals surface area contributed by atoms with E-state index in [1.54, 1.807) is 106 Å². The Morgan fingerprint density at radius 3 is 1.22 bits per heavy atom. The van der Waals surface area contributed by atoms with E-state index in [0.29, 0.717) is 61.9 Å². The highest BCUT2D eigenvalue weighted by molar-refractivity contribution is 7.99. The van der Waals surface area contributed by atoms with E-state index in [2.05, 4.69) is 12.6 Å². The standard InChI is InChI=1S/C48H66O12P2S3/c1-12-19-39(14-3)61(54,59-17-6)46(52)44-33(8)21-37(22-34(44)9)26-64-28-42(50)57-31-48(16-5,30-56-41(49)25-63)32-58-43(51)29-65-27-38-23-35(10)45(36(11)24-38)47(53)62(55,60-18-7)40(15-4)20-13-2/h12-15,19-24,63H,16-18,25-32H2,1-11H3/b19-12-,20-13-,39-14+,40-15+. The molecule has 12 nitrogen and oxygen atoms in total. The van der Waals surface area contributed by atoms with E-state index in [1.165, 1.54) is 23.5 Å². The molecule has 2 aromatic carbocycles. The second-order valence-electron chi connectivity index (χ2n) is 15.2. The lowest BCUT2D eigenvalue weighted by atomic mass is 9.88. The van der Waals surface area contributed by atoms with Crippen LogP contribution in [0.2, 0.25) is 0 Å². The van der Waals surface area contributed by atoms with Crippen LogP contribution in [0.25, 0.3) is 0 Å². The molecule has 0 heterocycles. The number of carbonyl (C=O) groups excluding carboxylic acids is 5. The molecule has 0 fully saturated rings. The molecule has 65 heavy (non-hydrogen) atoms. The van der Waals surface area contributed by atoms with Crippen molar-refractivity contribution in [3.63, 3.8) is 0 Å². The summed E-state index contributed by atoms with van der Waals surface area (Å²) in [7, 11) is -7.71. The summed E-state index contributed by atoms with van der Waals surface area (Å²) in [6.07, 6.45) is 10.3. The number of benzene rings is 2. The third-order valence-corrected chi connectivity index (χ3v) is 17.3. The van der Waals surface area contributed by atoms with Gasteiger partial charge in [0.25, 0.3) is 25.8 Å². The lowest BCUT2D eigenvalue weighted by Crippen LogP contribution is -2.39. The lowest BCUT2D eigenvalue weighted by molar-refractivity contribution is -0.158. The molecule has 2 unspecified atom stereocenters. The van der Waals surface area contributed by atoms with Crippen LogP contribution in [0.15, 0.2) is 71.3 Å². The maximum Gasteiger partial charge on any atom is 0.315 e. The summed E-state index contributed by atoms with van der Waals surface area (Å²) in [4.78, 5) is 65.7. The van der Waals surface area contributed by atoms with Crippen molar-refractivity contribution in [2.24, 2.45) is 5.41 Å². The van der Waals surface area contributed by atoms with E-state index in [1.807, 2.05) is 31.2 Å². The van der Waals surface area contributed by atoms with Gasteiger partial charge in [0.15, 0.2) is 0 Å². The minimum absolute atomic E-state index is 0.00802. The highest BCUT2D eigenvalue weighted by atomic mass is 32.2. The van der Waals surface area contributed by atoms with Gasteiger partial charge in [-0.05, 0) is 109 Å². The first-order chi connectivity index (χ1) is 30.8. The monoisotopic (exact) mass is 992 g/mol. The van der Waals surface area contributed by atoms with Crippen LogP contribution in [0.3, 0.4) is 0 Å². The van der Waals surface area contributed by atoms with Crippen molar-refractivity contribution >= 4 is 79.8 Å². The normalized spacial score (nSPS) is 15.0. The smallest absolute Gasteiger partial charge is 0.315 e. The van der Waals surface area contributed by atoms with Crippen LogP contribution in [-0.2, 0) is 58.3 Å². The maximum atomic E-state index is 14.0. The second kappa shape index (κ2) is 28.0. The Morgan fingerprint density at radius 1 is 0.600 bits per heavy atom. The van der Waals surface area contributed by atoms with Crippen LogP contribution in [0, 0.1) is 33.1 Å². The zero-order valence-corrected chi connectivity index (χ0v) is 43.9.